The summed E-state index contributed by atoms with van der Waals surface area (Å²) in [6, 6.07) is 10.3. The molecule has 0 aromatic heterocycles. The first-order chi connectivity index (χ1) is 6.56. The first kappa shape index (κ1) is 11.2. The van der Waals surface area contributed by atoms with Crippen LogP contribution in [0, 0.1) is 0 Å². The van der Waals surface area contributed by atoms with Gasteiger partial charge in [-0.15, -0.1) is 0 Å². The zero-order chi connectivity index (χ0) is 10.6. The minimum atomic E-state index is 0.0653. The number of hydrogen-bond donors (Lipinski definition) is 1. The molecule has 2 heteroatoms. The van der Waals surface area contributed by atoms with Gasteiger partial charge in [0.05, 0.1) is 0 Å². The fourth-order valence-corrected chi connectivity index (χ4v) is 1.20. The Morgan fingerprint density at radius 1 is 1.21 bits per heavy atom. The second-order valence-electron chi connectivity index (χ2n) is 4.28. The standard InChI is InChI=1S/C12H20N2/c1-4-12(2,3)14(13)10-11-8-6-5-7-9-11/h5-9H,4,10,13H2,1-3H3. The van der Waals surface area contributed by atoms with Crippen LogP contribution < -0.4 is 5.84 Å². The molecule has 0 saturated carbocycles. The summed E-state index contributed by atoms with van der Waals surface area (Å²) < 4.78 is 0. The molecule has 78 valence electrons. The Labute approximate surface area is 86.7 Å². The molecule has 0 aliphatic carbocycles. The van der Waals surface area contributed by atoms with Gasteiger partial charge in [-0.3, -0.25) is 5.84 Å². The van der Waals surface area contributed by atoms with E-state index in [1.807, 2.05) is 23.2 Å². The second kappa shape index (κ2) is 4.58. The highest BCUT2D eigenvalue weighted by molar-refractivity contribution is 5.14. The molecule has 1 aromatic carbocycles. The largest absolute Gasteiger partial charge is 0.268 e. The van der Waals surface area contributed by atoms with Crippen LogP contribution in [0.1, 0.15) is 32.8 Å². The van der Waals surface area contributed by atoms with Crippen LogP contribution in [0.15, 0.2) is 30.3 Å². The summed E-state index contributed by atoms with van der Waals surface area (Å²) in [5, 5.41) is 1.91. The fourth-order valence-electron chi connectivity index (χ4n) is 1.20. The Hall–Kier alpha value is -0.860. The number of hydrazine groups is 1. The van der Waals surface area contributed by atoms with Gasteiger partial charge in [-0.25, -0.2) is 5.01 Å². The maximum Gasteiger partial charge on any atom is 0.0385 e. The van der Waals surface area contributed by atoms with Crippen molar-refractivity contribution >= 4 is 0 Å². The van der Waals surface area contributed by atoms with E-state index in [1.54, 1.807) is 0 Å². The summed E-state index contributed by atoms with van der Waals surface area (Å²) >= 11 is 0. The Morgan fingerprint density at radius 3 is 2.29 bits per heavy atom. The lowest BCUT2D eigenvalue weighted by Crippen LogP contribution is -2.47. The summed E-state index contributed by atoms with van der Waals surface area (Å²) in [6.07, 6.45) is 1.05. The molecule has 0 unspecified atom stereocenters. The van der Waals surface area contributed by atoms with Crippen LogP contribution in [0.2, 0.25) is 0 Å². The van der Waals surface area contributed by atoms with Crippen LogP contribution in [-0.4, -0.2) is 10.5 Å². The number of benzene rings is 1. The van der Waals surface area contributed by atoms with Crippen molar-refractivity contribution in [2.75, 3.05) is 0 Å². The molecule has 0 spiro atoms. The molecule has 0 fully saturated rings. The van der Waals surface area contributed by atoms with E-state index in [2.05, 4.69) is 32.9 Å². The third-order valence-electron chi connectivity index (χ3n) is 2.84. The van der Waals surface area contributed by atoms with Gasteiger partial charge in [0, 0.05) is 12.1 Å². The summed E-state index contributed by atoms with van der Waals surface area (Å²) in [7, 11) is 0. The molecule has 0 aliphatic heterocycles. The van der Waals surface area contributed by atoms with Gasteiger partial charge in [0.15, 0.2) is 0 Å². The molecular formula is C12H20N2. The van der Waals surface area contributed by atoms with Gasteiger partial charge in [-0.05, 0) is 25.8 Å². The predicted octanol–water partition coefficient (Wildman–Crippen LogP) is 2.55. The average Bonchev–Trinajstić information content (AvgIpc) is 2.19. The summed E-state index contributed by atoms with van der Waals surface area (Å²) in [4.78, 5) is 0. The van der Waals surface area contributed by atoms with Crippen molar-refractivity contribution in [1.29, 1.82) is 0 Å². The van der Waals surface area contributed by atoms with Gasteiger partial charge in [0.1, 0.15) is 0 Å². The SMILES string of the molecule is CCC(C)(C)N(N)Cc1ccccc1. The van der Waals surface area contributed by atoms with Crippen LogP contribution in [0.4, 0.5) is 0 Å². The van der Waals surface area contributed by atoms with E-state index >= 15 is 0 Å². The first-order valence-electron chi connectivity index (χ1n) is 5.12. The molecule has 2 N–H and O–H groups in total. The lowest BCUT2D eigenvalue weighted by atomic mass is 10.0. The lowest BCUT2D eigenvalue weighted by molar-refractivity contribution is 0.108. The molecule has 1 rings (SSSR count). The Balaban J connectivity index is 2.62. The molecule has 0 amide bonds. The summed E-state index contributed by atoms with van der Waals surface area (Å²) in [5.41, 5.74) is 1.33. The quantitative estimate of drug-likeness (QED) is 0.587. The van der Waals surface area contributed by atoms with Crippen molar-refractivity contribution in [3.8, 4) is 0 Å². The van der Waals surface area contributed by atoms with Gasteiger partial charge in [-0.2, -0.15) is 0 Å². The maximum atomic E-state index is 6.03. The zero-order valence-electron chi connectivity index (χ0n) is 9.33. The van der Waals surface area contributed by atoms with Gasteiger partial charge in [-0.1, -0.05) is 37.3 Å². The van der Waals surface area contributed by atoms with Crippen molar-refractivity contribution in [3.63, 3.8) is 0 Å². The van der Waals surface area contributed by atoms with E-state index in [0.29, 0.717) is 0 Å². The Bertz CT molecular complexity index is 267. The molecular weight excluding hydrogens is 172 g/mol. The minimum Gasteiger partial charge on any atom is -0.268 e. The Kier molecular flexibility index (Phi) is 3.67. The number of nitrogens with two attached hydrogens (primary N) is 1. The first-order valence-corrected chi connectivity index (χ1v) is 5.12. The highest BCUT2D eigenvalue weighted by Gasteiger charge is 2.21. The molecule has 0 heterocycles. The molecule has 14 heavy (non-hydrogen) atoms. The van der Waals surface area contributed by atoms with Gasteiger partial charge < -0.3 is 0 Å². The van der Waals surface area contributed by atoms with Crippen LogP contribution >= 0.6 is 0 Å². The number of nitrogens with zero attached hydrogens (tertiary/aromatic N) is 1. The molecule has 0 saturated heterocycles. The van der Waals surface area contributed by atoms with Crippen molar-refractivity contribution in [3.05, 3.63) is 35.9 Å². The van der Waals surface area contributed by atoms with E-state index in [0.717, 1.165) is 13.0 Å². The average molecular weight is 192 g/mol. The molecule has 1 aromatic rings. The topological polar surface area (TPSA) is 29.3 Å². The molecule has 0 bridgehead atoms. The fraction of sp³-hybridized carbons (Fsp3) is 0.500. The highest BCUT2D eigenvalue weighted by atomic mass is 15.4. The zero-order valence-corrected chi connectivity index (χ0v) is 9.33. The molecule has 0 atom stereocenters. The van der Waals surface area contributed by atoms with Crippen LogP contribution in [-0.2, 0) is 6.54 Å². The third kappa shape index (κ3) is 2.82. The summed E-state index contributed by atoms with van der Waals surface area (Å²) in [6.45, 7) is 7.29. The summed E-state index contributed by atoms with van der Waals surface area (Å²) in [5.74, 6) is 6.03. The number of hydrogen-bond acceptors (Lipinski definition) is 2. The van der Waals surface area contributed by atoms with E-state index in [9.17, 15) is 0 Å². The van der Waals surface area contributed by atoms with Gasteiger partial charge >= 0.3 is 0 Å². The Morgan fingerprint density at radius 2 is 1.79 bits per heavy atom. The minimum absolute atomic E-state index is 0.0653. The molecule has 0 radical (unpaired) electrons. The van der Waals surface area contributed by atoms with Gasteiger partial charge in [0.2, 0.25) is 0 Å². The molecule has 2 nitrogen and oxygen atoms in total. The monoisotopic (exact) mass is 192 g/mol. The van der Waals surface area contributed by atoms with Crippen molar-refractivity contribution in [2.24, 2.45) is 5.84 Å². The smallest absolute Gasteiger partial charge is 0.0385 e. The van der Waals surface area contributed by atoms with Crippen LogP contribution in [0.3, 0.4) is 0 Å². The van der Waals surface area contributed by atoms with Crippen LogP contribution in [0.5, 0.6) is 0 Å². The second-order valence-corrected chi connectivity index (χ2v) is 4.28. The van der Waals surface area contributed by atoms with E-state index in [1.165, 1.54) is 5.56 Å². The maximum absolute atomic E-state index is 6.03. The van der Waals surface area contributed by atoms with Crippen molar-refractivity contribution in [1.82, 2.24) is 5.01 Å². The lowest BCUT2D eigenvalue weighted by Gasteiger charge is -2.34. The van der Waals surface area contributed by atoms with Crippen molar-refractivity contribution < 1.29 is 0 Å². The molecule has 0 aliphatic rings. The third-order valence-corrected chi connectivity index (χ3v) is 2.84. The van der Waals surface area contributed by atoms with E-state index in [4.69, 9.17) is 5.84 Å². The predicted molar refractivity (Wildman–Crippen MR) is 60.5 cm³/mol. The van der Waals surface area contributed by atoms with Gasteiger partial charge in [0.25, 0.3) is 0 Å². The van der Waals surface area contributed by atoms with Crippen molar-refractivity contribution in [2.45, 2.75) is 39.3 Å². The van der Waals surface area contributed by atoms with E-state index in [-0.39, 0.29) is 5.54 Å². The normalized spacial score (nSPS) is 12.1. The number of rotatable bonds is 4. The van der Waals surface area contributed by atoms with E-state index < -0.39 is 0 Å². The van der Waals surface area contributed by atoms with Crippen LogP contribution in [0.25, 0.3) is 0 Å². The highest BCUT2D eigenvalue weighted by Crippen LogP contribution is 2.17.